The summed E-state index contributed by atoms with van der Waals surface area (Å²) >= 11 is 0. The summed E-state index contributed by atoms with van der Waals surface area (Å²) in [6.45, 7) is 6.79. The molecule has 0 spiro atoms. The molecule has 1 unspecified atom stereocenters. The second-order valence-electron chi connectivity index (χ2n) is 6.48. The summed E-state index contributed by atoms with van der Waals surface area (Å²) in [7, 11) is 0. The Morgan fingerprint density at radius 3 is 2.61 bits per heavy atom. The van der Waals surface area contributed by atoms with Crippen LogP contribution in [-0.4, -0.2) is 54.3 Å². The van der Waals surface area contributed by atoms with Gasteiger partial charge in [0.25, 0.3) is 0 Å². The van der Waals surface area contributed by atoms with Crippen LogP contribution < -0.4 is 16.4 Å². The number of carbonyl (C=O) groups is 3. The number of nitrogens with one attached hydrogen (secondary N) is 2. The minimum atomic E-state index is -0.606. The topological polar surface area (TPSA) is 105 Å². The Kier molecular flexibility index (Phi) is 8.02. The normalized spacial score (nSPS) is 19.3. The van der Waals surface area contributed by atoms with Gasteiger partial charge in [0, 0.05) is 25.6 Å². The molecule has 7 nitrogen and oxygen atoms in total. The molecule has 1 saturated heterocycles. The van der Waals surface area contributed by atoms with Crippen LogP contribution in [0.15, 0.2) is 0 Å². The number of amides is 3. The monoisotopic (exact) mass is 326 g/mol. The predicted octanol–water partition coefficient (Wildman–Crippen LogP) is -0.00680. The highest BCUT2D eigenvalue weighted by Gasteiger charge is 2.25. The maximum Gasteiger partial charge on any atom is 0.242 e. The molecule has 0 saturated carbocycles. The van der Waals surface area contributed by atoms with Gasteiger partial charge in [0.2, 0.25) is 17.7 Å². The Hall–Kier alpha value is -1.63. The van der Waals surface area contributed by atoms with Crippen molar-refractivity contribution < 1.29 is 14.4 Å². The number of likely N-dealkylation sites (tertiary alicyclic amines) is 1. The van der Waals surface area contributed by atoms with Gasteiger partial charge in [-0.2, -0.15) is 0 Å². The van der Waals surface area contributed by atoms with Crippen molar-refractivity contribution in [2.75, 3.05) is 19.6 Å². The predicted molar refractivity (Wildman–Crippen MR) is 88.5 cm³/mol. The lowest BCUT2D eigenvalue weighted by atomic mass is 10.0. The van der Waals surface area contributed by atoms with Gasteiger partial charge in [-0.25, -0.2) is 0 Å². The largest absolute Gasteiger partial charge is 0.352 e. The summed E-state index contributed by atoms with van der Waals surface area (Å²) in [6.07, 6.45) is 3.04. The van der Waals surface area contributed by atoms with Crippen molar-refractivity contribution in [2.24, 2.45) is 11.7 Å². The number of hydrogen-bond acceptors (Lipinski definition) is 4. The molecular weight excluding hydrogens is 296 g/mol. The van der Waals surface area contributed by atoms with Crippen LogP contribution >= 0.6 is 0 Å². The van der Waals surface area contributed by atoms with Crippen LogP contribution in [0.1, 0.15) is 46.5 Å². The van der Waals surface area contributed by atoms with Gasteiger partial charge in [-0.15, -0.1) is 0 Å². The number of nitrogens with zero attached hydrogens (tertiary/aromatic N) is 1. The van der Waals surface area contributed by atoms with Crippen LogP contribution in [0.5, 0.6) is 0 Å². The van der Waals surface area contributed by atoms with Crippen LogP contribution in [-0.2, 0) is 14.4 Å². The van der Waals surface area contributed by atoms with Gasteiger partial charge < -0.3 is 21.3 Å². The molecule has 1 aliphatic rings. The number of carbonyl (C=O) groups excluding carboxylic acids is 3. The SMILES string of the molecule is CCCC(=O)NC1CCCN(C(=O)CNC(=O)[C@@H](N)C(C)C)C1. The van der Waals surface area contributed by atoms with E-state index in [1.807, 2.05) is 20.8 Å². The lowest BCUT2D eigenvalue weighted by Gasteiger charge is -2.33. The van der Waals surface area contributed by atoms with Crippen molar-refractivity contribution >= 4 is 17.7 Å². The summed E-state index contributed by atoms with van der Waals surface area (Å²) in [5.74, 6) is -0.386. The van der Waals surface area contributed by atoms with E-state index < -0.39 is 6.04 Å². The standard InChI is InChI=1S/C16H30N4O3/c1-4-6-13(21)19-12-7-5-8-20(10-12)14(22)9-18-16(23)15(17)11(2)3/h11-12,15H,4-10,17H2,1-3H3,(H,18,23)(H,19,21)/t12?,15-/m0/s1. The van der Waals surface area contributed by atoms with E-state index in [0.29, 0.717) is 19.5 Å². The highest BCUT2D eigenvalue weighted by Crippen LogP contribution is 2.10. The van der Waals surface area contributed by atoms with E-state index in [2.05, 4.69) is 10.6 Å². The Bertz CT molecular complexity index is 426. The lowest BCUT2D eigenvalue weighted by Crippen LogP contribution is -2.53. The zero-order chi connectivity index (χ0) is 17.4. The molecule has 0 aliphatic carbocycles. The Morgan fingerprint density at radius 2 is 2.00 bits per heavy atom. The van der Waals surface area contributed by atoms with Crippen LogP contribution in [0.3, 0.4) is 0 Å². The Morgan fingerprint density at radius 1 is 1.30 bits per heavy atom. The van der Waals surface area contributed by atoms with Crippen LogP contribution in [0, 0.1) is 5.92 Å². The van der Waals surface area contributed by atoms with Gasteiger partial charge in [0.1, 0.15) is 0 Å². The molecule has 0 radical (unpaired) electrons. The van der Waals surface area contributed by atoms with E-state index in [1.54, 1.807) is 4.90 Å². The minimum absolute atomic E-state index is 0.000345. The van der Waals surface area contributed by atoms with Crippen molar-refractivity contribution in [1.29, 1.82) is 0 Å². The second-order valence-corrected chi connectivity index (χ2v) is 6.48. The molecule has 132 valence electrons. The Balaban J connectivity index is 2.41. The maximum absolute atomic E-state index is 12.2. The number of piperidine rings is 1. The summed E-state index contributed by atoms with van der Waals surface area (Å²) in [5, 5.41) is 5.56. The van der Waals surface area contributed by atoms with Crippen molar-refractivity contribution in [3.63, 3.8) is 0 Å². The van der Waals surface area contributed by atoms with E-state index in [9.17, 15) is 14.4 Å². The van der Waals surface area contributed by atoms with Crippen LogP contribution in [0.25, 0.3) is 0 Å². The fourth-order valence-corrected chi connectivity index (χ4v) is 2.54. The average Bonchev–Trinajstić information content (AvgIpc) is 2.51. The summed E-state index contributed by atoms with van der Waals surface area (Å²) in [4.78, 5) is 37.4. The van der Waals surface area contributed by atoms with E-state index in [0.717, 1.165) is 19.3 Å². The highest BCUT2D eigenvalue weighted by molar-refractivity contribution is 5.87. The van der Waals surface area contributed by atoms with Gasteiger partial charge in [0.15, 0.2) is 0 Å². The van der Waals surface area contributed by atoms with Gasteiger partial charge in [-0.1, -0.05) is 20.8 Å². The molecule has 0 aromatic carbocycles. The second kappa shape index (κ2) is 9.50. The fraction of sp³-hybridized carbons (Fsp3) is 0.812. The van der Waals surface area contributed by atoms with E-state index in [-0.39, 0.29) is 36.2 Å². The maximum atomic E-state index is 12.2. The fourth-order valence-electron chi connectivity index (χ4n) is 2.54. The molecule has 1 fully saturated rings. The van der Waals surface area contributed by atoms with Gasteiger partial charge in [0.05, 0.1) is 12.6 Å². The molecule has 7 heteroatoms. The van der Waals surface area contributed by atoms with E-state index in [1.165, 1.54) is 0 Å². The van der Waals surface area contributed by atoms with Gasteiger partial charge in [-0.3, -0.25) is 14.4 Å². The Labute approximate surface area is 138 Å². The quantitative estimate of drug-likeness (QED) is 0.612. The summed E-state index contributed by atoms with van der Waals surface area (Å²) in [5.41, 5.74) is 5.75. The zero-order valence-corrected chi connectivity index (χ0v) is 14.4. The third-order valence-corrected chi connectivity index (χ3v) is 4.05. The van der Waals surface area contributed by atoms with Crippen molar-refractivity contribution in [1.82, 2.24) is 15.5 Å². The molecular formula is C16H30N4O3. The molecule has 1 rings (SSSR count). The molecule has 23 heavy (non-hydrogen) atoms. The number of nitrogens with two attached hydrogens (primary N) is 1. The third kappa shape index (κ3) is 6.56. The molecule has 3 amide bonds. The van der Waals surface area contributed by atoms with E-state index >= 15 is 0 Å². The van der Waals surface area contributed by atoms with E-state index in [4.69, 9.17) is 5.73 Å². The molecule has 0 bridgehead atoms. The minimum Gasteiger partial charge on any atom is -0.352 e. The molecule has 0 aromatic rings. The van der Waals surface area contributed by atoms with Crippen LogP contribution in [0.4, 0.5) is 0 Å². The third-order valence-electron chi connectivity index (χ3n) is 4.05. The smallest absolute Gasteiger partial charge is 0.242 e. The van der Waals surface area contributed by atoms with Crippen molar-refractivity contribution in [3.05, 3.63) is 0 Å². The van der Waals surface area contributed by atoms with Gasteiger partial charge in [-0.05, 0) is 25.2 Å². The van der Waals surface area contributed by atoms with Gasteiger partial charge >= 0.3 is 0 Å². The number of rotatable bonds is 7. The highest BCUT2D eigenvalue weighted by atomic mass is 16.2. The first-order valence-corrected chi connectivity index (χ1v) is 8.45. The molecule has 1 heterocycles. The number of hydrogen-bond donors (Lipinski definition) is 3. The van der Waals surface area contributed by atoms with Crippen molar-refractivity contribution in [2.45, 2.75) is 58.5 Å². The first-order chi connectivity index (χ1) is 10.8. The average molecular weight is 326 g/mol. The molecule has 1 aliphatic heterocycles. The lowest BCUT2D eigenvalue weighted by molar-refractivity contribution is -0.135. The summed E-state index contributed by atoms with van der Waals surface area (Å²) < 4.78 is 0. The summed E-state index contributed by atoms with van der Waals surface area (Å²) in [6, 6.07) is -0.606. The van der Waals surface area contributed by atoms with Crippen molar-refractivity contribution in [3.8, 4) is 0 Å². The van der Waals surface area contributed by atoms with Crippen LogP contribution in [0.2, 0.25) is 0 Å². The molecule has 2 atom stereocenters. The first kappa shape index (κ1) is 19.4. The zero-order valence-electron chi connectivity index (χ0n) is 14.4. The molecule has 0 aromatic heterocycles. The molecule has 4 N–H and O–H groups in total. The first-order valence-electron chi connectivity index (χ1n) is 8.45.